The highest BCUT2D eigenvalue weighted by molar-refractivity contribution is 7.91. The molecule has 9 nitrogen and oxygen atoms in total. The molecule has 3 aliphatic rings. The Hall–Kier alpha value is -2.91. The first-order chi connectivity index (χ1) is 18.8. The Morgan fingerprint density at radius 1 is 1.15 bits per heavy atom. The van der Waals surface area contributed by atoms with Crippen molar-refractivity contribution in [3.05, 3.63) is 57.4 Å². The maximum Gasteiger partial charge on any atom is 0.287 e. The number of sulfone groups is 1. The predicted octanol–water partition coefficient (Wildman–Crippen LogP) is 4.07. The van der Waals surface area contributed by atoms with Gasteiger partial charge in [0.1, 0.15) is 31.1 Å². The summed E-state index contributed by atoms with van der Waals surface area (Å²) in [6.45, 7) is -0.301. The lowest BCUT2D eigenvalue weighted by Gasteiger charge is -2.41. The van der Waals surface area contributed by atoms with Crippen LogP contribution in [0.3, 0.4) is 0 Å². The van der Waals surface area contributed by atoms with Crippen molar-refractivity contribution in [3.8, 4) is 0 Å². The Kier molecular flexibility index (Phi) is 7.50. The number of aliphatic hydroxyl groups is 1. The molecule has 0 spiro atoms. The van der Waals surface area contributed by atoms with E-state index in [9.17, 15) is 39.9 Å². The van der Waals surface area contributed by atoms with Gasteiger partial charge < -0.3 is 15.3 Å². The quantitative estimate of drug-likeness (QED) is 0.467. The molecule has 1 fully saturated rings. The summed E-state index contributed by atoms with van der Waals surface area (Å²) in [5.41, 5.74) is -0.109. The van der Waals surface area contributed by atoms with Crippen molar-refractivity contribution in [1.82, 2.24) is 4.90 Å². The second kappa shape index (κ2) is 10.5. The molecule has 3 heterocycles. The second-order valence-corrected chi connectivity index (χ2v) is 14.9. The summed E-state index contributed by atoms with van der Waals surface area (Å²) >= 11 is 0.995. The molecule has 40 heavy (non-hydrogen) atoms. The zero-order chi connectivity index (χ0) is 29.0. The van der Waals surface area contributed by atoms with Gasteiger partial charge in [-0.2, -0.15) is 8.42 Å². The van der Waals surface area contributed by atoms with Crippen LogP contribution in [-0.2, 0) is 37.6 Å². The summed E-state index contributed by atoms with van der Waals surface area (Å²) in [6, 6.07) is 1.06. The number of aryl methyl sites for hydroxylation is 1. The summed E-state index contributed by atoms with van der Waals surface area (Å²) in [7, 11) is -7.75. The third kappa shape index (κ3) is 5.38. The van der Waals surface area contributed by atoms with E-state index in [2.05, 4.69) is 9.71 Å². The first kappa shape index (κ1) is 28.6. The van der Waals surface area contributed by atoms with E-state index in [4.69, 9.17) is 0 Å². The number of rotatable bonds is 6. The fourth-order valence-electron chi connectivity index (χ4n) is 5.50. The number of nitrogens with zero attached hydrogens (tertiary/aromatic N) is 2. The highest BCUT2D eigenvalue weighted by Gasteiger charge is 2.45. The molecule has 0 bridgehead atoms. The maximum atomic E-state index is 14.0. The largest absolute Gasteiger partial charge is 0.511 e. The predicted molar refractivity (Wildman–Crippen MR) is 143 cm³/mol. The Morgan fingerprint density at radius 3 is 2.50 bits per heavy atom. The first-order valence-electron chi connectivity index (χ1n) is 12.5. The van der Waals surface area contributed by atoms with E-state index in [1.165, 1.54) is 10.3 Å². The fraction of sp³-hybridized carbons (Fsp3) is 0.440. The van der Waals surface area contributed by atoms with Gasteiger partial charge in [0, 0.05) is 24.8 Å². The van der Waals surface area contributed by atoms with Crippen molar-refractivity contribution in [2.75, 3.05) is 17.3 Å². The minimum atomic E-state index is -4.39. The van der Waals surface area contributed by atoms with Crippen molar-refractivity contribution in [1.29, 1.82) is 0 Å². The van der Waals surface area contributed by atoms with E-state index in [-0.39, 0.29) is 51.1 Å². The molecule has 0 radical (unpaired) electrons. The minimum Gasteiger partial charge on any atom is -0.511 e. The number of halogens is 3. The van der Waals surface area contributed by atoms with Crippen LogP contribution < -0.4 is 5.32 Å². The van der Waals surface area contributed by atoms with Crippen molar-refractivity contribution >= 4 is 47.9 Å². The summed E-state index contributed by atoms with van der Waals surface area (Å²) in [6.07, 6.45) is 4.28. The number of sulfonamides is 1. The number of hydrogen-bond donors (Lipinski definition) is 2. The molecule has 216 valence electrons. The second-order valence-electron chi connectivity index (χ2n) is 10.2. The topological polar surface area (TPSA) is 133 Å². The van der Waals surface area contributed by atoms with Gasteiger partial charge in [0.25, 0.3) is 15.9 Å². The SMILES string of the molecule is CS(=O)(=O)CCc1csc2c1S(=O)(=O)N=C(C1=C(O)C3CCCCCC3N(Cc3cc(F)c(F)c(F)c3)C1=O)N2. The fourth-order valence-corrected chi connectivity index (χ4v) is 8.76. The third-order valence-corrected chi connectivity index (χ3v) is 10.8. The summed E-state index contributed by atoms with van der Waals surface area (Å²) in [5.74, 6) is -6.78. The molecule has 1 aliphatic carbocycles. The number of aliphatic hydroxyl groups excluding tert-OH is 1. The molecule has 2 N–H and O–H groups in total. The van der Waals surface area contributed by atoms with Crippen LogP contribution in [0.4, 0.5) is 18.2 Å². The monoisotopic (exact) mass is 617 g/mol. The van der Waals surface area contributed by atoms with Gasteiger partial charge in [0.2, 0.25) is 0 Å². The van der Waals surface area contributed by atoms with Gasteiger partial charge in [-0.1, -0.05) is 19.3 Å². The van der Waals surface area contributed by atoms with E-state index in [0.29, 0.717) is 12.8 Å². The minimum absolute atomic E-state index is 0.00397. The molecule has 2 atom stereocenters. The summed E-state index contributed by atoms with van der Waals surface area (Å²) in [5, 5.41) is 15.8. The zero-order valence-corrected chi connectivity index (χ0v) is 23.7. The molecule has 2 aliphatic heterocycles. The van der Waals surface area contributed by atoms with Crippen LogP contribution in [0.2, 0.25) is 0 Å². The van der Waals surface area contributed by atoms with Gasteiger partial charge in [0.05, 0.1) is 5.75 Å². The molecule has 1 amide bonds. The van der Waals surface area contributed by atoms with E-state index in [1.807, 2.05) is 0 Å². The van der Waals surface area contributed by atoms with E-state index in [1.54, 1.807) is 0 Å². The normalized spacial score (nSPS) is 22.8. The molecule has 1 aromatic heterocycles. The van der Waals surface area contributed by atoms with Crippen LogP contribution in [0.25, 0.3) is 0 Å². The van der Waals surface area contributed by atoms with Crippen LogP contribution in [-0.4, -0.2) is 56.6 Å². The van der Waals surface area contributed by atoms with Crippen LogP contribution >= 0.6 is 11.3 Å². The van der Waals surface area contributed by atoms with Gasteiger partial charge in [-0.15, -0.1) is 15.7 Å². The number of thiophene rings is 1. The van der Waals surface area contributed by atoms with Crippen LogP contribution in [0.1, 0.15) is 43.2 Å². The van der Waals surface area contributed by atoms with Gasteiger partial charge in [-0.25, -0.2) is 21.6 Å². The smallest absolute Gasteiger partial charge is 0.287 e. The van der Waals surface area contributed by atoms with E-state index in [0.717, 1.165) is 49.0 Å². The Labute approximate surface area is 233 Å². The van der Waals surface area contributed by atoms with Gasteiger partial charge in [-0.05, 0) is 47.9 Å². The molecular formula is C25H26F3N3O6S3. The molecule has 2 aromatic rings. The number of amides is 1. The zero-order valence-electron chi connectivity index (χ0n) is 21.3. The van der Waals surface area contributed by atoms with Gasteiger partial charge in [0.15, 0.2) is 23.3 Å². The van der Waals surface area contributed by atoms with Crippen LogP contribution in [0.5, 0.6) is 0 Å². The highest BCUT2D eigenvalue weighted by Crippen LogP contribution is 2.42. The molecule has 15 heteroatoms. The molecule has 2 unspecified atom stereocenters. The van der Waals surface area contributed by atoms with Crippen molar-refractivity contribution in [2.45, 2.75) is 56.0 Å². The number of benzene rings is 1. The number of fused-ring (bicyclic) bond motifs is 2. The van der Waals surface area contributed by atoms with Crippen molar-refractivity contribution in [2.24, 2.45) is 10.3 Å². The highest BCUT2D eigenvalue weighted by atomic mass is 32.2. The van der Waals surface area contributed by atoms with Crippen LogP contribution in [0.15, 0.2) is 38.1 Å². The van der Waals surface area contributed by atoms with Gasteiger partial charge in [-0.3, -0.25) is 4.79 Å². The summed E-state index contributed by atoms with van der Waals surface area (Å²) < 4.78 is 95.0. The number of carbonyl (C=O) groups excluding carboxylic acids is 1. The molecule has 0 saturated heterocycles. The molecule has 5 rings (SSSR count). The standard InChI is InChI=1S/C25H26F3N3O6S3/c1-39(34,35)8-7-14-12-38-24-22(14)40(36,37)30-23(29-24)19-21(32)15-5-3-2-4-6-18(15)31(25(19)33)11-13-9-16(26)20(28)17(27)10-13/h9-10,12,15,18,32H,2-8,11H2,1H3,(H,29,30). The molecular weight excluding hydrogens is 591 g/mol. The van der Waals surface area contributed by atoms with Crippen molar-refractivity contribution < 1.29 is 39.9 Å². The van der Waals surface area contributed by atoms with Crippen LogP contribution in [0, 0.1) is 23.4 Å². The number of nitrogens with one attached hydrogen (secondary N) is 1. The first-order valence-corrected chi connectivity index (χ1v) is 16.9. The molecule has 1 aromatic carbocycles. The average Bonchev–Trinajstić information content (AvgIpc) is 3.12. The Morgan fingerprint density at radius 2 is 1.82 bits per heavy atom. The average molecular weight is 618 g/mol. The number of carbonyl (C=O) groups is 1. The lowest BCUT2D eigenvalue weighted by molar-refractivity contribution is -0.132. The maximum absolute atomic E-state index is 14.0. The number of anilines is 1. The third-order valence-electron chi connectivity index (χ3n) is 7.36. The van der Waals surface area contributed by atoms with Crippen molar-refractivity contribution in [3.63, 3.8) is 0 Å². The molecule has 1 saturated carbocycles. The Balaban J connectivity index is 1.55. The lowest BCUT2D eigenvalue weighted by Crippen LogP contribution is -2.51. The number of amidine groups is 1. The van der Waals surface area contributed by atoms with E-state index < -0.39 is 61.0 Å². The summed E-state index contributed by atoms with van der Waals surface area (Å²) in [4.78, 5) is 15.0. The van der Waals surface area contributed by atoms with E-state index >= 15 is 0 Å². The van der Waals surface area contributed by atoms with Gasteiger partial charge >= 0.3 is 0 Å². The Bertz CT molecular complexity index is 1640. The number of hydrogen-bond acceptors (Lipinski definition) is 8. The lowest BCUT2D eigenvalue weighted by atomic mass is 9.84.